The van der Waals surface area contributed by atoms with Gasteiger partial charge in [0.25, 0.3) is 5.56 Å². The molecule has 1 N–H and O–H groups in total. The number of ether oxygens (including phenoxy) is 1. The van der Waals surface area contributed by atoms with Crippen molar-refractivity contribution in [2.45, 2.75) is 51.9 Å². The molecule has 0 spiro atoms. The number of aryl methyl sites for hydroxylation is 2. The van der Waals surface area contributed by atoms with Gasteiger partial charge in [-0.05, 0) is 63.4 Å². The predicted molar refractivity (Wildman–Crippen MR) is 119 cm³/mol. The third-order valence-electron chi connectivity index (χ3n) is 4.99. The average Bonchev–Trinajstić information content (AvgIpc) is 2.69. The number of aromatic nitrogens is 2. The number of hydrogen-bond donors (Lipinski definition) is 1. The fourth-order valence-electron chi connectivity index (χ4n) is 3.23. The molecular weight excluding hydrogens is 384 g/mol. The third kappa shape index (κ3) is 4.65. The Bertz CT molecular complexity index is 1080. The number of para-hydroxylation sites is 1. The number of thioether (sulfide) groups is 1. The van der Waals surface area contributed by atoms with Crippen molar-refractivity contribution in [3.05, 3.63) is 63.4 Å². The number of rotatable bonds is 7. The highest BCUT2D eigenvalue weighted by Crippen LogP contribution is 2.26. The van der Waals surface area contributed by atoms with Gasteiger partial charge in [0.15, 0.2) is 5.16 Å². The molecule has 0 fully saturated rings. The van der Waals surface area contributed by atoms with Gasteiger partial charge in [0.05, 0.1) is 17.0 Å². The Morgan fingerprint density at radius 1 is 1.10 bits per heavy atom. The van der Waals surface area contributed by atoms with E-state index in [0.717, 1.165) is 22.4 Å². The van der Waals surface area contributed by atoms with E-state index in [1.165, 1.54) is 11.8 Å². The standard InChI is InChI=1S/C23H28N2O3S/c1-14(2)25-22(27)19-8-6-7-9-20(19)24-23(25)29-13-18(26)12-28-21-16(4)11-10-15(3)17(21)5/h6-11,14,18,26H,12-13H2,1-5H3/t18-/m1/s1. The minimum Gasteiger partial charge on any atom is -0.490 e. The summed E-state index contributed by atoms with van der Waals surface area (Å²) in [4.78, 5) is 17.5. The summed E-state index contributed by atoms with van der Waals surface area (Å²) in [6.07, 6.45) is -0.678. The van der Waals surface area contributed by atoms with Gasteiger partial charge < -0.3 is 9.84 Å². The van der Waals surface area contributed by atoms with Crippen LogP contribution in [-0.2, 0) is 0 Å². The highest BCUT2D eigenvalue weighted by Gasteiger charge is 2.16. The van der Waals surface area contributed by atoms with Crippen LogP contribution in [0.2, 0.25) is 0 Å². The summed E-state index contributed by atoms with van der Waals surface area (Å²) in [5, 5.41) is 11.7. The molecule has 2 aromatic carbocycles. The molecule has 3 aromatic rings. The van der Waals surface area contributed by atoms with Crippen LogP contribution in [0.5, 0.6) is 5.75 Å². The molecule has 1 aromatic heterocycles. The summed E-state index contributed by atoms with van der Waals surface area (Å²) in [6, 6.07) is 11.4. The lowest BCUT2D eigenvalue weighted by Gasteiger charge is -2.19. The Kier molecular flexibility index (Phi) is 6.65. The third-order valence-corrected chi connectivity index (χ3v) is 6.09. The molecule has 154 valence electrons. The second kappa shape index (κ2) is 9.01. The van der Waals surface area contributed by atoms with Gasteiger partial charge in [-0.15, -0.1) is 0 Å². The van der Waals surface area contributed by atoms with Crippen molar-refractivity contribution in [2.75, 3.05) is 12.4 Å². The van der Waals surface area contributed by atoms with E-state index in [0.29, 0.717) is 21.8 Å². The first-order valence-corrected chi connectivity index (χ1v) is 10.8. The topological polar surface area (TPSA) is 64.3 Å². The molecule has 0 amide bonds. The van der Waals surface area contributed by atoms with Gasteiger partial charge in [-0.25, -0.2) is 4.98 Å². The first kappa shape index (κ1) is 21.4. The first-order chi connectivity index (χ1) is 13.8. The smallest absolute Gasteiger partial charge is 0.262 e. The average molecular weight is 413 g/mol. The van der Waals surface area contributed by atoms with Crippen LogP contribution in [0, 0.1) is 20.8 Å². The van der Waals surface area contributed by atoms with Gasteiger partial charge in [0.2, 0.25) is 0 Å². The van der Waals surface area contributed by atoms with E-state index >= 15 is 0 Å². The summed E-state index contributed by atoms with van der Waals surface area (Å²) >= 11 is 1.38. The fourth-order valence-corrected chi connectivity index (χ4v) is 4.26. The van der Waals surface area contributed by atoms with Crippen molar-refractivity contribution in [1.82, 2.24) is 9.55 Å². The summed E-state index contributed by atoms with van der Waals surface area (Å²) in [6.45, 7) is 10.2. The first-order valence-electron chi connectivity index (χ1n) is 9.81. The van der Waals surface area contributed by atoms with E-state index in [2.05, 4.69) is 11.1 Å². The minimum atomic E-state index is -0.678. The Labute approximate surface area is 175 Å². The number of hydrogen-bond acceptors (Lipinski definition) is 5. The number of benzene rings is 2. The van der Waals surface area contributed by atoms with Crippen molar-refractivity contribution in [3.63, 3.8) is 0 Å². The van der Waals surface area contributed by atoms with Crippen molar-refractivity contribution in [3.8, 4) is 5.75 Å². The Morgan fingerprint density at radius 3 is 2.52 bits per heavy atom. The molecule has 0 saturated heterocycles. The molecule has 6 heteroatoms. The van der Waals surface area contributed by atoms with Crippen LogP contribution in [0.4, 0.5) is 0 Å². The molecule has 5 nitrogen and oxygen atoms in total. The maximum absolute atomic E-state index is 12.9. The zero-order valence-corrected chi connectivity index (χ0v) is 18.4. The Balaban J connectivity index is 1.74. The second-order valence-electron chi connectivity index (χ2n) is 7.61. The highest BCUT2D eigenvalue weighted by atomic mass is 32.2. The molecule has 0 bridgehead atoms. The lowest BCUT2D eigenvalue weighted by Crippen LogP contribution is -2.26. The lowest BCUT2D eigenvalue weighted by atomic mass is 10.1. The second-order valence-corrected chi connectivity index (χ2v) is 8.60. The fraction of sp³-hybridized carbons (Fsp3) is 0.391. The largest absolute Gasteiger partial charge is 0.490 e. The molecule has 1 atom stereocenters. The number of fused-ring (bicyclic) bond motifs is 1. The van der Waals surface area contributed by atoms with Crippen LogP contribution in [0.1, 0.15) is 36.6 Å². The van der Waals surface area contributed by atoms with Gasteiger partial charge >= 0.3 is 0 Å². The summed E-state index contributed by atoms with van der Waals surface area (Å²) in [7, 11) is 0. The predicted octanol–water partition coefficient (Wildman–Crippen LogP) is 4.43. The molecule has 0 aliphatic carbocycles. The normalized spacial score (nSPS) is 12.5. The van der Waals surface area contributed by atoms with E-state index in [9.17, 15) is 9.90 Å². The van der Waals surface area contributed by atoms with Crippen LogP contribution in [0.25, 0.3) is 10.9 Å². The SMILES string of the molecule is Cc1ccc(C)c(OC[C@@H](O)CSc2nc3ccccc3c(=O)n2C(C)C)c1C. The van der Waals surface area contributed by atoms with Gasteiger partial charge in [-0.1, -0.05) is 36.0 Å². The molecule has 0 saturated carbocycles. The van der Waals surface area contributed by atoms with E-state index in [4.69, 9.17) is 4.74 Å². The van der Waals surface area contributed by atoms with E-state index in [1.807, 2.05) is 58.9 Å². The van der Waals surface area contributed by atoms with Crippen molar-refractivity contribution in [2.24, 2.45) is 0 Å². The lowest BCUT2D eigenvalue weighted by molar-refractivity contribution is 0.125. The van der Waals surface area contributed by atoms with Crippen LogP contribution >= 0.6 is 11.8 Å². The summed E-state index contributed by atoms with van der Waals surface area (Å²) in [5.41, 5.74) is 3.93. The number of aliphatic hydroxyl groups excluding tert-OH is 1. The van der Waals surface area contributed by atoms with Crippen molar-refractivity contribution in [1.29, 1.82) is 0 Å². The molecule has 0 unspecified atom stereocenters. The minimum absolute atomic E-state index is 0.0203. The Hall–Kier alpha value is -2.31. The van der Waals surface area contributed by atoms with E-state index in [-0.39, 0.29) is 18.2 Å². The quantitative estimate of drug-likeness (QED) is 0.459. The van der Waals surface area contributed by atoms with Gasteiger partial charge in [-0.2, -0.15) is 0 Å². The van der Waals surface area contributed by atoms with Gasteiger partial charge in [-0.3, -0.25) is 9.36 Å². The molecule has 0 radical (unpaired) electrons. The molecule has 3 rings (SSSR count). The Morgan fingerprint density at radius 2 is 1.79 bits per heavy atom. The van der Waals surface area contributed by atoms with Crippen LogP contribution < -0.4 is 10.3 Å². The zero-order chi connectivity index (χ0) is 21.1. The van der Waals surface area contributed by atoms with E-state index in [1.54, 1.807) is 10.6 Å². The van der Waals surface area contributed by atoms with Crippen molar-refractivity contribution < 1.29 is 9.84 Å². The van der Waals surface area contributed by atoms with Crippen LogP contribution in [-0.4, -0.2) is 33.1 Å². The van der Waals surface area contributed by atoms with Crippen LogP contribution in [0.15, 0.2) is 46.3 Å². The van der Waals surface area contributed by atoms with Gasteiger partial charge in [0, 0.05) is 11.8 Å². The maximum atomic E-state index is 12.9. The highest BCUT2D eigenvalue weighted by molar-refractivity contribution is 7.99. The molecule has 1 heterocycles. The zero-order valence-electron chi connectivity index (χ0n) is 17.6. The summed E-state index contributed by atoms with van der Waals surface area (Å²) in [5.74, 6) is 1.22. The number of nitrogens with zero attached hydrogens (tertiary/aromatic N) is 2. The number of aliphatic hydroxyl groups is 1. The molecule has 0 aliphatic heterocycles. The molecule has 29 heavy (non-hydrogen) atoms. The van der Waals surface area contributed by atoms with Crippen molar-refractivity contribution >= 4 is 22.7 Å². The van der Waals surface area contributed by atoms with Gasteiger partial charge in [0.1, 0.15) is 12.4 Å². The monoisotopic (exact) mass is 412 g/mol. The summed E-state index contributed by atoms with van der Waals surface area (Å²) < 4.78 is 7.61. The maximum Gasteiger partial charge on any atom is 0.262 e. The van der Waals surface area contributed by atoms with E-state index < -0.39 is 6.10 Å². The molecular formula is C23H28N2O3S. The molecule has 0 aliphatic rings. The van der Waals surface area contributed by atoms with Crippen LogP contribution in [0.3, 0.4) is 0 Å².